The second-order valence-electron chi connectivity index (χ2n) is 4.58. The van der Waals surface area contributed by atoms with E-state index in [1.165, 1.54) is 6.07 Å². The molecule has 1 aliphatic carbocycles. The van der Waals surface area contributed by atoms with Gasteiger partial charge < -0.3 is 15.0 Å². The summed E-state index contributed by atoms with van der Waals surface area (Å²) < 4.78 is 24.1. The Hall–Kier alpha value is -1.95. The minimum atomic E-state index is -0.436. The minimum absolute atomic E-state index is 0.0924. The highest BCUT2D eigenvalue weighted by Gasteiger charge is 2.29. The van der Waals surface area contributed by atoms with E-state index in [2.05, 4.69) is 10.1 Å². The van der Waals surface area contributed by atoms with E-state index in [1.54, 1.807) is 12.1 Å². The summed E-state index contributed by atoms with van der Waals surface area (Å²) in [5.74, 6) is 1.22. The van der Waals surface area contributed by atoms with Gasteiger partial charge in [0.2, 0.25) is 11.7 Å². The van der Waals surface area contributed by atoms with Gasteiger partial charge in [-0.25, -0.2) is 4.39 Å². The molecular weight excluding hydrogens is 249 g/mol. The van der Waals surface area contributed by atoms with Crippen LogP contribution in [-0.4, -0.2) is 10.1 Å². The van der Waals surface area contributed by atoms with Crippen molar-refractivity contribution in [2.24, 2.45) is 5.73 Å². The monoisotopic (exact) mass is 263 g/mol. The Morgan fingerprint density at radius 1 is 1.42 bits per heavy atom. The minimum Gasteiger partial charge on any atom is -0.482 e. The molecule has 0 spiro atoms. The highest BCUT2D eigenvalue weighted by atomic mass is 19.1. The summed E-state index contributed by atoms with van der Waals surface area (Å²) in [4.78, 5) is 4.21. The van der Waals surface area contributed by atoms with Gasteiger partial charge in [0.1, 0.15) is 0 Å². The van der Waals surface area contributed by atoms with Crippen molar-refractivity contribution in [1.29, 1.82) is 0 Å². The van der Waals surface area contributed by atoms with Gasteiger partial charge in [-0.15, -0.1) is 0 Å². The molecule has 0 bridgehead atoms. The van der Waals surface area contributed by atoms with E-state index >= 15 is 0 Å². The molecule has 1 aliphatic rings. The molecule has 1 heterocycles. The number of halogens is 1. The lowest BCUT2D eigenvalue weighted by Gasteiger charge is -2.05. The summed E-state index contributed by atoms with van der Waals surface area (Å²) in [6, 6.07) is 4.64. The van der Waals surface area contributed by atoms with E-state index < -0.39 is 5.82 Å². The summed E-state index contributed by atoms with van der Waals surface area (Å²) in [6.45, 7) is 0.391. The molecule has 1 saturated carbocycles. The number of nitrogens with two attached hydrogens (primary N) is 1. The SMILES string of the molecule is NCc1ccc(OCc2noc(C3CC3)n2)c(F)c1. The molecule has 5 nitrogen and oxygen atoms in total. The Kier molecular flexibility index (Phi) is 3.16. The van der Waals surface area contributed by atoms with E-state index in [9.17, 15) is 4.39 Å². The summed E-state index contributed by atoms with van der Waals surface area (Å²) in [5.41, 5.74) is 6.15. The number of rotatable bonds is 5. The van der Waals surface area contributed by atoms with Crippen LogP contribution in [0.25, 0.3) is 0 Å². The van der Waals surface area contributed by atoms with Crippen LogP contribution in [0.1, 0.15) is 36.0 Å². The average Bonchev–Trinajstić information content (AvgIpc) is 3.17. The Balaban J connectivity index is 1.64. The van der Waals surface area contributed by atoms with Crippen molar-refractivity contribution in [2.75, 3.05) is 0 Å². The fraction of sp³-hybridized carbons (Fsp3) is 0.385. The molecule has 0 saturated heterocycles. The molecule has 6 heteroatoms. The number of nitrogens with zero attached hydrogens (tertiary/aromatic N) is 2. The lowest BCUT2D eigenvalue weighted by Crippen LogP contribution is -2.01. The van der Waals surface area contributed by atoms with Crippen LogP contribution in [0.15, 0.2) is 22.7 Å². The largest absolute Gasteiger partial charge is 0.482 e. The zero-order chi connectivity index (χ0) is 13.2. The van der Waals surface area contributed by atoms with Crippen molar-refractivity contribution in [3.8, 4) is 5.75 Å². The molecule has 2 N–H and O–H groups in total. The van der Waals surface area contributed by atoms with Gasteiger partial charge in [-0.1, -0.05) is 11.2 Å². The second kappa shape index (κ2) is 4.97. The predicted molar refractivity (Wildman–Crippen MR) is 64.9 cm³/mol. The topological polar surface area (TPSA) is 74.2 Å². The maximum Gasteiger partial charge on any atom is 0.229 e. The van der Waals surface area contributed by atoms with E-state index in [1.807, 2.05) is 0 Å². The van der Waals surface area contributed by atoms with Gasteiger partial charge in [0, 0.05) is 12.5 Å². The van der Waals surface area contributed by atoms with Gasteiger partial charge in [0.15, 0.2) is 18.2 Å². The molecule has 1 aromatic carbocycles. The first-order valence-electron chi connectivity index (χ1n) is 6.20. The van der Waals surface area contributed by atoms with Crippen LogP contribution >= 0.6 is 0 Å². The molecule has 1 fully saturated rings. The number of ether oxygens (including phenoxy) is 1. The van der Waals surface area contributed by atoms with E-state index in [0.717, 1.165) is 18.4 Å². The van der Waals surface area contributed by atoms with Crippen LogP contribution in [0.5, 0.6) is 5.75 Å². The molecule has 0 unspecified atom stereocenters. The van der Waals surface area contributed by atoms with Crippen LogP contribution in [0.2, 0.25) is 0 Å². The molecule has 0 amide bonds. The first-order valence-corrected chi connectivity index (χ1v) is 6.20. The van der Waals surface area contributed by atoms with Crippen LogP contribution < -0.4 is 10.5 Å². The fourth-order valence-electron chi connectivity index (χ4n) is 1.75. The number of benzene rings is 1. The van der Waals surface area contributed by atoms with Crippen molar-refractivity contribution in [3.63, 3.8) is 0 Å². The standard InChI is InChI=1S/C13H14FN3O2/c14-10-5-8(6-15)1-4-11(10)18-7-12-16-13(19-17-12)9-2-3-9/h1,4-5,9H,2-3,6-7,15H2. The van der Waals surface area contributed by atoms with Crippen molar-refractivity contribution >= 4 is 0 Å². The van der Waals surface area contributed by atoms with Crippen molar-refractivity contribution in [1.82, 2.24) is 10.1 Å². The second-order valence-corrected chi connectivity index (χ2v) is 4.58. The Morgan fingerprint density at radius 3 is 2.95 bits per heavy atom. The van der Waals surface area contributed by atoms with E-state index in [-0.39, 0.29) is 12.4 Å². The number of hydrogen-bond acceptors (Lipinski definition) is 5. The highest BCUT2D eigenvalue weighted by molar-refractivity contribution is 5.29. The van der Waals surface area contributed by atoms with Gasteiger partial charge in [0.25, 0.3) is 0 Å². The van der Waals surface area contributed by atoms with E-state index in [0.29, 0.717) is 24.2 Å². The zero-order valence-electron chi connectivity index (χ0n) is 10.3. The maximum atomic E-state index is 13.6. The van der Waals surface area contributed by atoms with Crippen LogP contribution in [0.4, 0.5) is 4.39 Å². The fourth-order valence-corrected chi connectivity index (χ4v) is 1.75. The first-order chi connectivity index (χ1) is 9.26. The molecule has 3 rings (SSSR count). The third-order valence-corrected chi connectivity index (χ3v) is 3.00. The molecule has 2 aromatic rings. The summed E-state index contributed by atoms with van der Waals surface area (Å²) in [6.07, 6.45) is 2.19. The van der Waals surface area contributed by atoms with Gasteiger partial charge in [-0.3, -0.25) is 0 Å². The lowest BCUT2D eigenvalue weighted by molar-refractivity contribution is 0.272. The van der Waals surface area contributed by atoms with Crippen molar-refractivity contribution < 1.29 is 13.7 Å². The van der Waals surface area contributed by atoms with Crippen LogP contribution in [0, 0.1) is 5.82 Å². The molecule has 0 aliphatic heterocycles. The first kappa shape index (κ1) is 12.1. The molecular formula is C13H14FN3O2. The molecule has 0 atom stereocenters. The van der Waals surface area contributed by atoms with Crippen LogP contribution in [0.3, 0.4) is 0 Å². The van der Waals surface area contributed by atoms with E-state index in [4.69, 9.17) is 15.0 Å². The summed E-state index contributed by atoms with van der Waals surface area (Å²) in [7, 11) is 0. The quantitative estimate of drug-likeness (QED) is 0.894. The lowest BCUT2D eigenvalue weighted by atomic mass is 10.2. The Bertz CT molecular complexity index is 581. The predicted octanol–water partition coefficient (Wildman–Crippen LogP) is 2.12. The van der Waals surface area contributed by atoms with Gasteiger partial charge >= 0.3 is 0 Å². The van der Waals surface area contributed by atoms with Crippen molar-refractivity contribution in [2.45, 2.75) is 31.9 Å². The van der Waals surface area contributed by atoms with Gasteiger partial charge in [-0.05, 0) is 30.5 Å². The third kappa shape index (κ3) is 2.73. The number of aromatic nitrogens is 2. The maximum absolute atomic E-state index is 13.6. The highest BCUT2D eigenvalue weighted by Crippen LogP contribution is 2.38. The van der Waals surface area contributed by atoms with Crippen molar-refractivity contribution in [3.05, 3.63) is 41.3 Å². The normalized spacial score (nSPS) is 14.6. The van der Waals surface area contributed by atoms with Gasteiger partial charge in [0.05, 0.1) is 0 Å². The molecule has 19 heavy (non-hydrogen) atoms. The Labute approximate surface area is 109 Å². The average molecular weight is 263 g/mol. The molecule has 0 radical (unpaired) electrons. The number of hydrogen-bond donors (Lipinski definition) is 1. The summed E-state index contributed by atoms with van der Waals surface area (Å²) >= 11 is 0. The van der Waals surface area contributed by atoms with Gasteiger partial charge in [-0.2, -0.15) is 4.98 Å². The summed E-state index contributed by atoms with van der Waals surface area (Å²) in [5, 5.41) is 3.80. The zero-order valence-corrected chi connectivity index (χ0v) is 10.3. The Morgan fingerprint density at radius 2 is 2.26 bits per heavy atom. The third-order valence-electron chi connectivity index (χ3n) is 3.00. The van der Waals surface area contributed by atoms with Crippen LogP contribution in [-0.2, 0) is 13.2 Å². The smallest absolute Gasteiger partial charge is 0.229 e. The molecule has 100 valence electrons. The molecule has 1 aromatic heterocycles.